The van der Waals surface area contributed by atoms with Crippen molar-refractivity contribution in [3.8, 4) is 6.07 Å². The highest BCUT2D eigenvalue weighted by molar-refractivity contribution is 9.10. The van der Waals surface area contributed by atoms with Crippen LogP contribution in [0.5, 0.6) is 0 Å². The number of anilines is 1. The maximum Gasteiger partial charge on any atom is 0.269 e. The van der Waals surface area contributed by atoms with Crippen LogP contribution in [0.1, 0.15) is 46.8 Å². The Bertz CT molecular complexity index is 746. The summed E-state index contributed by atoms with van der Waals surface area (Å²) in [5.41, 5.74) is 8.57. The number of nitrogens with one attached hydrogen (secondary N) is 2. The predicted octanol–water partition coefficient (Wildman–Crippen LogP) is 4.57. The molecule has 0 radical (unpaired) electrons. The molecule has 0 aliphatic carbocycles. The molecule has 2 N–H and O–H groups in total. The van der Waals surface area contributed by atoms with Crippen LogP contribution >= 0.6 is 27.3 Å². The first-order valence-corrected chi connectivity index (χ1v) is 8.45. The monoisotopic (exact) mass is 377 g/mol. The van der Waals surface area contributed by atoms with Crippen LogP contribution in [0.2, 0.25) is 0 Å². The third-order valence-corrected chi connectivity index (χ3v) is 4.68. The third-order valence-electron chi connectivity index (χ3n) is 3.28. The molecule has 114 valence electrons. The SMILES string of the molecule is Cc1cc(Br)ccc1C(=O)NNc1scc(C(C)C)c1C#N. The first kappa shape index (κ1) is 16.5. The van der Waals surface area contributed by atoms with Gasteiger partial charge in [0.2, 0.25) is 0 Å². The molecule has 2 rings (SSSR count). The number of thiophene rings is 1. The number of rotatable bonds is 4. The van der Waals surface area contributed by atoms with Crippen LogP contribution in [-0.2, 0) is 0 Å². The normalized spacial score (nSPS) is 10.4. The van der Waals surface area contributed by atoms with E-state index >= 15 is 0 Å². The fraction of sp³-hybridized carbons (Fsp3) is 0.250. The van der Waals surface area contributed by atoms with Gasteiger partial charge in [-0.05, 0) is 47.5 Å². The Morgan fingerprint density at radius 1 is 1.41 bits per heavy atom. The molecule has 0 spiro atoms. The molecular formula is C16H16BrN3OS. The Hall–Kier alpha value is -1.84. The summed E-state index contributed by atoms with van der Waals surface area (Å²) in [5.74, 6) is 0.0410. The lowest BCUT2D eigenvalue weighted by molar-refractivity contribution is 0.0962. The second-order valence-corrected chi connectivity index (χ2v) is 7.00. The zero-order valence-electron chi connectivity index (χ0n) is 12.5. The molecular weight excluding hydrogens is 362 g/mol. The van der Waals surface area contributed by atoms with E-state index < -0.39 is 0 Å². The average Bonchev–Trinajstić information content (AvgIpc) is 2.87. The molecule has 6 heteroatoms. The number of carbonyl (C=O) groups is 1. The van der Waals surface area contributed by atoms with E-state index in [9.17, 15) is 10.1 Å². The second kappa shape index (κ2) is 6.95. The Labute approximate surface area is 142 Å². The second-order valence-electron chi connectivity index (χ2n) is 5.20. The van der Waals surface area contributed by atoms with E-state index in [0.29, 0.717) is 16.1 Å². The molecule has 2 aromatic rings. The number of nitriles is 1. The minimum Gasteiger partial charge on any atom is -0.288 e. The van der Waals surface area contributed by atoms with Crippen LogP contribution in [0.15, 0.2) is 28.1 Å². The summed E-state index contributed by atoms with van der Waals surface area (Å²) >= 11 is 4.79. The van der Waals surface area contributed by atoms with Crippen molar-refractivity contribution in [1.82, 2.24) is 5.43 Å². The van der Waals surface area contributed by atoms with Gasteiger partial charge in [0.05, 0.1) is 5.56 Å². The molecule has 0 unspecified atom stereocenters. The number of nitrogens with zero attached hydrogens (tertiary/aromatic N) is 1. The largest absolute Gasteiger partial charge is 0.288 e. The first-order valence-electron chi connectivity index (χ1n) is 6.78. The molecule has 1 amide bonds. The summed E-state index contributed by atoms with van der Waals surface area (Å²) in [4.78, 5) is 12.2. The van der Waals surface area contributed by atoms with Gasteiger partial charge in [0.15, 0.2) is 0 Å². The zero-order valence-corrected chi connectivity index (χ0v) is 14.9. The van der Waals surface area contributed by atoms with E-state index in [0.717, 1.165) is 15.6 Å². The van der Waals surface area contributed by atoms with Crippen molar-refractivity contribution in [2.75, 3.05) is 5.43 Å². The number of hydrazine groups is 1. The van der Waals surface area contributed by atoms with Gasteiger partial charge in [-0.15, -0.1) is 11.3 Å². The standard InChI is InChI=1S/C16H16BrN3OS/c1-9(2)14-8-22-16(13(14)7-18)20-19-15(21)12-5-4-11(17)6-10(12)3/h4-6,8-9,20H,1-3H3,(H,19,21). The summed E-state index contributed by atoms with van der Waals surface area (Å²) in [5, 5.41) is 11.9. The van der Waals surface area contributed by atoms with Crippen molar-refractivity contribution < 1.29 is 4.79 Å². The van der Waals surface area contributed by atoms with Crippen molar-refractivity contribution in [3.05, 3.63) is 50.3 Å². The molecule has 0 fully saturated rings. The minimum absolute atomic E-state index is 0.228. The summed E-state index contributed by atoms with van der Waals surface area (Å²) in [6.45, 7) is 5.95. The number of hydrogen-bond acceptors (Lipinski definition) is 4. The number of benzene rings is 1. The van der Waals surface area contributed by atoms with E-state index in [-0.39, 0.29) is 11.8 Å². The van der Waals surface area contributed by atoms with E-state index in [1.54, 1.807) is 6.07 Å². The minimum atomic E-state index is -0.228. The van der Waals surface area contributed by atoms with Crippen molar-refractivity contribution in [1.29, 1.82) is 5.26 Å². The summed E-state index contributed by atoms with van der Waals surface area (Å²) in [6, 6.07) is 7.67. The topological polar surface area (TPSA) is 64.9 Å². The lowest BCUT2D eigenvalue weighted by Gasteiger charge is -2.10. The van der Waals surface area contributed by atoms with Gasteiger partial charge in [-0.25, -0.2) is 0 Å². The first-order chi connectivity index (χ1) is 10.4. The molecule has 0 aliphatic heterocycles. The highest BCUT2D eigenvalue weighted by Gasteiger charge is 2.15. The number of carbonyl (C=O) groups excluding carboxylic acids is 1. The summed E-state index contributed by atoms with van der Waals surface area (Å²) < 4.78 is 0.932. The van der Waals surface area contributed by atoms with Crippen molar-refractivity contribution in [2.45, 2.75) is 26.7 Å². The van der Waals surface area contributed by atoms with Crippen molar-refractivity contribution in [2.24, 2.45) is 0 Å². The van der Waals surface area contributed by atoms with Crippen LogP contribution in [0, 0.1) is 18.3 Å². The molecule has 22 heavy (non-hydrogen) atoms. The smallest absolute Gasteiger partial charge is 0.269 e. The fourth-order valence-electron chi connectivity index (χ4n) is 2.07. The van der Waals surface area contributed by atoms with Gasteiger partial charge in [0.1, 0.15) is 11.1 Å². The van der Waals surface area contributed by atoms with Crippen molar-refractivity contribution in [3.63, 3.8) is 0 Å². The maximum atomic E-state index is 12.2. The van der Waals surface area contributed by atoms with Gasteiger partial charge in [0, 0.05) is 10.0 Å². The number of hydrogen-bond donors (Lipinski definition) is 2. The van der Waals surface area contributed by atoms with Crippen LogP contribution in [0.25, 0.3) is 0 Å². The third kappa shape index (κ3) is 3.49. The quantitative estimate of drug-likeness (QED) is 0.766. The Morgan fingerprint density at radius 3 is 2.73 bits per heavy atom. The van der Waals surface area contributed by atoms with Gasteiger partial charge in [-0.3, -0.25) is 15.6 Å². The highest BCUT2D eigenvalue weighted by Crippen LogP contribution is 2.31. The Morgan fingerprint density at radius 2 is 2.14 bits per heavy atom. The maximum absolute atomic E-state index is 12.2. The number of aryl methyl sites for hydroxylation is 1. The number of amides is 1. The Kier molecular flexibility index (Phi) is 5.22. The van der Waals surface area contributed by atoms with E-state index in [2.05, 4.69) is 32.9 Å². The fourth-order valence-corrected chi connectivity index (χ4v) is 3.57. The van der Waals surface area contributed by atoms with Gasteiger partial charge in [-0.1, -0.05) is 29.8 Å². The zero-order chi connectivity index (χ0) is 16.3. The molecule has 1 aromatic carbocycles. The van der Waals surface area contributed by atoms with Crippen LogP contribution in [0.3, 0.4) is 0 Å². The molecule has 1 heterocycles. The Balaban J connectivity index is 2.13. The van der Waals surface area contributed by atoms with Crippen LogP contribution in [-0.4, -0.2) is 5.91 Å². The predicted molar refractivity (Wildman–Crippen MR) is 93.1 cm³/mol. The average molecular weight is 378 g/mol. The number of halogens is 1. The summed E-state index contributed by atoms with van der Waals surface area (Å²) in [7, 11) is 0. The molecule has 0 saturated carbocycles. The molecule has 1 aromatic heterocycles. The van der Waals surface area contributed by atoms with Gasteiger partial charge >= 0.3 is 0 Å². The molecule has 0 aliphatic rings. The van der Waals surface area contributed by atoms with E-state index in [1.165, 1.54) is 11.3 Å². The van der Waals surface area contributed by atoms with Crippen molar-refractivity contribution >= 4 is 38.2 Å². The van der Waals surface area contributed by atoms with Gasteiger partial charge in [0.25, 0.3) is 5.91 Å². The lowest BCUT2D eigenvalue weighted by atomic mass is 10.0. The molecule has 0 bridgehead atoms. The van der Waals surface area contributed by atoms with E-state index in [1.807, 2.05) is 38.3 Å². The van der Waals surface area contributed by atoms with Gasteiger partial charge < -0.3 is 0 Å². The van der Waals surface area contributed by atoms with Crippen LogP contribution in [0.4, 0.5) is 5.00 Å². The highest BCUT2D eigenvalue weighted by atomic mass is 79.9. The summed E-state index contributed by atoms with van der Waals surface area (Å²) in [6.07, 6.45) is 0. The van der Waals surface area contributed by atoms with Gasteiger partial charge in [-0.2, -0.15) is 5.26 Å². The molecule has 0 atom stereocenters. The van der Waals surface area contributed by atoms with Crippen LogP contribution < -0.4 is 10.9 Å². The molecule has 4 nitrogen and oxygen atoms in total. The lowest BCUT2D eigenvalue weighted by Crippen LogP contribution is -2.29. The van der Waals surface area contributed by atoms with E-state index in [4.69, 9.17) is 0 Å². The molecule has 0 saturated heterocycles.